The van der Waals surface area contributed by atoms with Crippen molar-refractivity contribution < 1.29 is 28.2 Å². The summed E-state index contributed by atoms with van der Waals surface area (Å²) in [6, 6.07) is 19.2. The Bertz CT molecular complexity index is 1790. The lowest BCUT2D eigenvalue weighted by molar-refractivity contribution is 0.0697. The Morgan fingerprint density at radius 2 is 1.93 bits per heavy atom. The minimum Gasteiger partial charge on any atom is -0.484 e. The van der Waals surface area contributed by atoms with E-state index in [0.29, 0.717) is 52.5 Å². The van der Waals surface area contributed by atoms with Gasteiger partial charge in [0.1, 0.15) is 18.2 Å². The van der Waals surface area contributed by atoms with Crippen molar-refractivity contribution in [1.29, 1.82) is 0 Å². The smallest absolute Gasteiger partial charge is 0.335 e. The normalized spacial score (nSPS) is 14.9. The van der Waals surface area contributed by atoms with Crippen molar-refractivity contribution in [3.8, 4) is 17.0 Å². The van der Waals surface area contributed by atoms with E-state index in [0.717, 1.165) is 12.8 Å². The van der Waals surface area contributed by atoms with Crippen LogP contribution in [0.3, 0.4) is 0 Å². The van der Waals surface area contributed by atoms with Gasteiger partial charge in [-0.15, -0.1) is 0 Å². The third-order valence-corrected chi connectivity index (χ3v) is 7.49. The molecule has 1 unspecified atom stereocenters. The van der Waals surface area contributed by atoms with Gasteiger partial charge in [0.25, 0.3) is 0 Å². The van der Waals surface area contributed by atoms with Crippen LogP contribution in [0.1, 0.15) is 40.3 Å². The van der Waals surface area contributed by atoms with E-state index in [1.807, 2.05) is 4.57 Å². The second-order valence-corrected chi connectivity index (χ2v) is 10.6. The van der Waals surface area contributed by atoms with E-state index in [-0.39, 0.29) is 35.5 Å². The molecule has 1 fully saturated rings. The monoisotopic (exact) mass is 589 g/mol. The summed E-state index contributed by atoms with van der Waals surface area (Å²) in [6.07, 6.45) is 2.05. The molecule has 7 nitrogen and oxygen atoms in total. The SMILES string of the molecule is O=C(O)c1ccc2nc(Cc3ccc(-c4cccc(COc5ccc(Cl)cc5F)n4)cc3F)n(CC3CCCO3)c2c1. The van der Waals surface area contributed by atoms with Crippen LogP contribution in [0.15, 0.2) is 72.8 Å². The summed E-state index contributed by atoms with van der Waals surface area (Å²) < 4.78 is 42.9. The fourth-order valence-corrected chi connectivity index (χ4v) is 5.28. The first-order valence-electron chi connectivity index (χ1n) is 13.5. The summed E-state index contributed by atoms with van der Waals surface area (Å²) in [4.78, 5) is 20.9. The number of imidazole rings is 1. The average Bonchev–Trinajstić information content (AvgIpc) is 3.61. The number of fused-ring (bicyclic) bond motifs is 1. The Kier molecular flexibility index (Phi) is 7.86. The van der Waals surface area contributed by atoms with Crippen molar-refractivity contribution >= 4 is 28.6 Å². The number of pyridine rings is 1. The Labute approximate surface area is 245 Å². The maximum absolute atomic E-state index is 15.5. The van der Waals surface area contributed by atoms with Crippen LogP contribution in [-0.4, -0.2) is 38.3 Å². The van der Waals surface area contributed by atoms with E-state index in [1.165, 1.54) is 24.3 Å². The highest BCUT2D eigenvalue weighted by molar-refractivity contribution is 6.30. The molecule has 0 aliphatic carbocycles. The molecule has 0 saturated carbocycles. The fourth-order valence-electron chi connectivity index (χ4n) is 5.12. The lowest BCUT2D eigenvalue weighted by atomic mass is 10.0. The fraction of sp³-hybridized carbons (Fsp3) is 0.219. The molecule has 6 rings (SSSR count). The molecule has 0 bridgehead atoms. The lowest BCUT2D eigenvalue weighted by Gasteiger charge is -2.15. The van der Waals surface area contributed by atoms with Crippen molar-refractivity contribution in [3.05, 3.63) is 112 Å². The number of nitrogens with zero attached hydrogens (tertiary/aromatic N) is 3. The zero-order valence-corrected chi connectivity index (χ0v) is 23.2. The van der Waals surface area contributed by atoms with Crippen LogP contribution in [0.25, 0.3) is 22.3 Å². The molecule has 1 N–H and O–H groups in total. The highest BCUT2D eigenvalue weighted by atomic mass is 35.5. The highest BCUT2D eigenvalue weighted by Gasteiger charge is 2.21. The Morgan fingerprint density at radius 3 is 2.69 bits per heavy atom. The number of halogens is 3. The Hall–Kier alpha value is -4.34. The van der Waals surface area contributed by atoms with Gasteiger partial charge < -0.3 is 19.1 Å². The average molecular weight is 590 g/mol. The molecule has 1 atom stereocenters. The van der Waals surface area contributed by atoms with Crippen molar-refractivity contribution in [3.63, 3.8) is 0 Å². The summed E-state index contributed by atoms with van der Waals surface area (Å²) in [5, 5.41) is 9.78. The maximum Gasteiger partial charge on any atom is 0.335 e. The molecule has 1 aliphatic heterocycles. The van der Waals surface area contributed by atoms with Crippen molar-refractivity contribution in [1.82, 2.24) is 14.5 Å². The number of aromatic carboxylic acids is 1. The summed E-state index contributed by atoms with van der Waals surface area (Å²) in [5.41, 5.74) is 3.61. The number of benzene rings is 3. The van der Waals surface area contributed by atoms with Crippen molar-refractivity contribution in [2.75, 3.05) is 6.61 Å². The standard InChI is InChI=1S/C32H26ClF2N3O4/c33-22-9-11-30(26(35)16-22)42-18-23-3-1-5-27(36-23)20-7-6-19(25(34)13-20)15-31-37-28-10-8-21(32(39)40)14-29(28)38(31)17-24-4-2-12-41-24/h1,3,5-11,13-14,16,24H,2,4,12,15,17-18H2,(H,39,40). The van der Waals surface area contributed by atoms with Crippen LogP contribution in [0.4, 0.5) is 8.78 Å². The summed E-state index contributed by atoms with van der Waals surface area (Å²) in [6.45, 7) is 1.22. The van der Waals surface area contributed by atoms with Crippen molar-refractivity contribution in [2.24, 2.45) is 0 Å². The van der Waals surface area contributed by atoms with Crippen LogP contribution >= 0.6 is 11.6 Å². The topological polar surface area (TPSA) is 86.5 Å². The number of carbonyl (C=O) groups is 1. The third-order valence-electron chi connectivity index (χ3n) is 7.26. The first-order valence-corrected chi connectivity index (χ1v) is 13.9. The number of carboxylic acid groups (broad SMARTS) is 1. The minimum absolute atomic E-state index is 0.0135. The molecule has 0 radical (unpaired) electrons. The number of hydrogen-bond donors (Lipinski definition) is 1. The molecule has 3 heterocycles. The molecular formula is C32H26ClF2N3O4. The van der Waals surface area contributed by atoms with Gasteiger partial charge in [0, 0.05) is 23.6 Å². The van der Waals surface area contributed by atoms with Gasteiger partial charge in [-0.3, -0.25) is 0 Å². The largest absolute Gasteiger partial charge is 0.484 e. The second kappa shape index (κ2) is 11.9. The van der Waals surface area contributed by atoms with Gasteiger partial charge in [-0.25, -0.2) is 23.5 Å². The highest BCUT2D eigenvalue weighted by Crippen LogP contribution is 2.27. The second-order valence-electron chi connectivity index (χ2n) is 10.1. The van der Waals surface area contributed by atoms with E-state index < -0.39 is 17.6 Å². The van der Waals surface area contributed by atoms with E-state index in [9.17, 15) is 14.3 Å². The van der Waals surface area contributed by atoms with Gasteiger partial charge in [-0.2, -0.15) is 0 Å². The molecule has 42 heavy (non-hydrogen) atoms. The van der Waals surface area contributed by atoms with Crippen LogP contribution in [0.5, 0.6) is 5.75 Å². The number of aromatic nitrogens is 3. The van der Waals surface area contributed by atoms with Gasteiger partial charge in [0.15, 0.2) is 11.6 Å². The van der Waals surface area contributed by atoms with Crippen LogP contribution in [0.2, 0.25) is 5.02 Å². The molecule has 1 saturated heterocycles. The maximum atomic E-state index is 15.5. The van der Waals surface area contributed by atoms with Crippen LogP contribution in [-0.2, 0) is 24.3 Å². The number of hydrogen-bond acceptors (Lipinski definition) is 5. The van der Waals surface area contributed by atoms with Crippen LogP contribution in [0, 0.1) is 11.6 Å². The summed E-state index contributed by atoms with van der Waals surface area (Å²) in [7, 11) is 0. The molecule has 214 valence electrons. The van der Waals surface area contributed by atoms with Gasteiger partial charge in [-0.1, -0.05) is 29.8 Å². The molecule has 0 spiro atoms. The number of ether oxygens (including phenoxy) is 2. The summed E-state index contributed by atoms with van der Waals surface area (Å²) >= 11 is 5.80. The molecule has 5 aromatic rings. The zero-order valence-electron chi connectivity index (χ0n) is 22.4. The molecular weight excluding hydrogens is 564 g/mol. The predicted octanol–water partition coefficient (Wildman–Crippen LogP) is 7.08. The minimum atomic E-state index is -1.02. The Morgan fingerprint density at radius 1 is 1.05 bits per heavy atom. The molecule has 10 heteroatoms. The quantitative estimate of drug-likeness (QED) is 0.198. The van der Waals surface area contributed by atoms with Gasteiger partial charge >= 0.3 is 5.97 Å². The molecule has 2 aromatic heterocycles. The van der Waals surface area contributed by atoms with E-state index in [2.05, 4.69) is 4.98 Å². The van der Waals surface area contributed by atoms with E-state index >= 15 is 4.39 Å². The van der Waals surface area contributed by atoms with Gasteiger partial charge in [0.05, 0.1) is 40.6 Å². The van der Waals surface area contributed by atoms with E-state index in [4.69, 9.17) is 26.1 Å². The third kappa shape index (κ3) is 5.98. The summed E-state index contributed by atoms with van der Waals surface area (Å²) in [5.74, 6) is -1.32. The first-order chi connectivity index (χ1) is 20.3. The van der Waals surface area contributed by atoms with E-state index in [1.54, 1.807) is 48.5 Å². The van der Waals surface area contributed by atoms with Gasteiger partial charge in [0.2, 0.25) is 0 Å². The number of rotatable bonds is 9. The molecule has 1 aliphatic rings. The van der Waals surface area contributed by atoms with Crippen LogP contribution < -0.4 is 4.74 Å². The van der Waals surface area contributed by atoms with Crippen molar-refractivity contribution in [2.45, 2.75) is 38.5 Å². The zero-order chi connectivity index (χ0) is 29.2. The lowest BCUT2D eigenvalue weighted by Crippen LogP contribution is -2.17. The van der Waals surface area contributed by atoms with Gasteiger partial charge in [-0.05, 0) is 73.0 Å². The first kappa shape index (κ1) is 27.8. The predicted molar refractivity (Wildman–Crippen MR) is 154 cm³/mol. The molecule has 3 aromatic carbocycles. The number of carboxylic acids is 1. The molecule has 0 amide bonds. The Balaban J connectivity index is 1.24.